The third-order valence-corrected chi connectivity index (χ3v) is 7.05. The molecule has 5 nitrogen and oxygen atoms in total. The molecule has 0 saturated carbocycles. The fourth-order valence-corrected chi connectivity index (χ4v) is 4.41. The smallest absolute Gasteiger partial charge is 0.125 e. The summed E-state index contributed by atoms with van der Waals surface area (Å²) in [6.07, 6.45) is 14.1. The minimum atomic E-state index is 0.603. The van der Waals surface area contributed by atoms with Crippen LogP contribution < -0.4 is 25.8 Å². The van der Waals surface area contributed by atoms with Crippen LogP contribution in [0.3, 0.4) is 0 Å². The average molecular weight is 492 g/mol. The summed E-state index contributed by atoms with van der Waals surface area (Å²) in [5.41, 5.74) is 12.8. The van der Waals surface area contributed by atoms with Gasteiger partial charge in [0, 0.05) is 37.0 Å². The molecule has 0 aromatic heterocycles. The Balaban J connectivity index is 3.05. The molecule has 0 radical (unpaired) electrons. The molecule has 0 spiro atoms. The van der Waals surface area contributed by atoms with Crippen LogP contribution in [0, 0.1) is 11.8 Å². The summed E-state index contributed by atoms with van der Waals surface area (Å²) in [4.78, 5) is 2.45. The van der Waals surface area contributed by atoms with E-state index in [0.29, 0.717) is 18.4 Å². The van der Waals surface area contributed by atoms with Gasteiger partial charge < -0.3 is 25.8 Å². The molecule has 0 saturated heterocycles. The Morgan fingerprint density at radius 1 is 0.657 bits per heavy atom. The van der Waals surface area contributed by atoms with Crippen molar-refractivity contribution in [1.29, 1.82) is 0 Å². The van der Waals surface area contributed by atoms with Gasteiger partial charge in [0.1, 0.15) is 11.5 Å². The summed E-state index contributed by atoms with van der Waals surface area (Å²) >= 11 is 0. The minimum absolute atomic E-state index is 0.603. The first kappa shape index (κ1) is 31.6. The van der Waals surface area contributed by atoms with Crippen molar-refractivity contribution in [1.82, 2.24) is 0 Å². The molecular weight excluding hydrogens is 434 g/mol. The monoisotopic (exact) mass is 491 g/mol. The van der Waals surface area contributed by atoms with Gasteiger partial charge in [-0.3, -0.25) is 0 Å². The molecule has 0 heterocycles. The van der Waals surface area contributed by atoms with Crippen LogP contribution in [0.15, 0.2) is 18.2 Å². The lowest BCUT2D eigenvalue weighted by Gasteiger charge is -2.27. The number of ether oxygens (including phenoxy) is 2. The van der Waals surface area contributed by atoms with E-state index in [0.717, 1.165) is 82.9 Å². The lowest BCUT2D eigenvalue weighted by molar-refractivity contribution is 0.223. The van der Waals surface area contributed by atoms with Crippen molar-refractivity contribution < 1.29 is 9.47 Å². The van der Waals surface area contributed by atoms with E-state index in [1.54, 1.807) is 0 Å². The van der Waals surface area contributed by atoms with Gasteiger partial charge in [-0.15, -0.1) is 0 Å². The van der Waals surface area contributed by atoms with Gasteiger partial charge in [0.15, 0.2) is 0 Å². The first-order chi connectivity index (χ1) is 17.1. The fourth-order valence-electron chi connectivity index (χ4n) is 4.41. The summed E-state index contributed by atoms with van der Waals surface area (Å²) < 4.78 is 12.8. The van der Waals surface area contributed by atoms with Crippen LogP contribution in [-0.4, -0.2) is 39.4 Å². The van der Waals surface area contributed by atoms with Gasteiger partial charge in [-0.2, -0.15) is 0 Å². The number of hydrogen-bond acceptors (Lipinski definition) is 5. The molecule has 0 fully saturated rings. The molecule has 35 heavy (non-hydrogen) atoms. The standard InChI is InChI=1S/C30H57N3O2/c1-5-9-15-26(7-3)24-34-29-21-28(33(20-14-18-32)19-13-11-12-17-31)22-30(23-29)35-25-27(8-4)16-10-6-2/h21-23,26-27H,5-20,24-25,31-32H2,1-4H3. The van der Waals surface area contributed by atoms with Gasteiger partial charge >= 0.3 is 0 Å². The molecule has 5 heteroatoms. The number of nitrogens with two attached hydrogens (primary N) is 2. The van der Waals surface area contributed by atoms with Crippen LogP contribution >= 0.6 is 0 Å². The number of hydrogen-bond donors (Lipinski definition) is 2. The molecular formula is C30H57N3O2. The van der Waals surface area contributed by atoms with Crippen molar-refractivity contribution in [3.8, 4) is 11.5 Å². The van der Waals surface area contributed by atoms with Crippen LogP contribution in [0.2, 0.25) is 0 Å². The SMILES string of the molecule is CCCCC(CC)COc1cc(OCC(CC)CCCC)cc(N(CCCN)CCCCCN)c1. The largest absolute Gasteiger partial charge is 0.493 e. The summed E-state index contributed by atoms with van der Waals surface area (Å²) in [5, 5.41) is 0. The van der Waals surface area contributed by atoms with Gasteiger partial charge in [0.2, 0.25) is 0 Å². The number of rotatable bonds is 23. The molecule has 0 aliphatic carbocycles. The number of unbranched alkanes of at least 4 members (excludes halogenated alkanes) is 4. The maximum absolute atomic E-state index is 6.39. The highest BCUT2D eigenvalue weighted by Crippen LogP contribution is 2.31. The number of nitrogens with zero attached hydrogens (tertiary/aromatic N) is 1. The Kier molecular flexibility index (Phi) is 18.7. The Labute approximate surface area is 217 Å². The van der Waals surface area contributed by atoms with E-state index >= 15 is 0 Å². The molecule has 1 aromatic rings. The Hall–Kier alpha value is -1.46. The Morgan fingerprint density at radius 3 is 1.63 bits per heavy atom. The Bertz CT molecular complexity index is 587. The van der Waals surface area contributed by atoms with Gasteiger partial charge in [-0.25, -0.2) is 0 Å². The summed E-state index contributed by atoms with van der Waals surface area (Å²) in [6, 6.07) is 6.50. The predicted molar refractivity (Wildman–Crippen MR) is 153 cm³/mol. The molecule has 4 N–H and O–H groups in total. The molecule has 2 unspecified atom stereocenters. The first-order valence-electron chi connectivity index (χ1n) is 14.7. The predicted octanol–water partition coefficient (Wildman–Crippen LogP) is 7.16. The second-order valence-electron chi connectivity index (χ2n) is 10.1. The van der Waals surface area contributed by atoms with Crippen molar-refractivity contribution >= 4 is 5.69 Å². The third-order valence-electron chi connectivity index (χ3n) is 7.05. The van der Waals surface area contributed by atoms with E-state index < -0.39 is 0 Å². The third kappa shape index (κ3) is 14.0. The fraction of sp³-hybridized carbons (Fsp3) is 0.800. The molecule has 0 amide bonds. The van der Waals surface area contributed by atoms with E-state index in [-0.39, 0.29) is 0 Å². The van der Waals surface area contributed by atoms with E-state index in [1.807, 2.05) is 0 Å². The van der Waals surface area contributed by atoms with Crippen LogP contribution in [0.1, 0.15) is 105 Å². The molecule has 0 aliphatic heterocycles. The summed E-state index contributed by atoms with van der Waals surface area (Å²) in [7, 11) is 0. The second-order valence-corrected chi connectivity index (χ2v) is 10.1. The van der Waals surface area contributed by atoms with Crippen LogP contribution in [0.4, 0.5) is 5.69 Å². The first-order valence-corrected chi connectivity index (χ1v) is 14.7. The van der Waals surface area contributed by atoms with Crippen molar-refractivity contribution in [2.45, 2.75) is 105 Å². The minimum Gasteiger partial charge on any atom is -0.493 e. The zero-order chi connectivity index (χ0) is 25.7. The maximum Gasteiger partial charge on any atom is 0.125 e. The van der Waals surface area contributed by atoms with E-state index in [9.17, 15) is 0 Å². The zero-order valence-corrected chi connectivity index (χ0v) is 23.5. The van der Waals surface area contributed by atoms with Crippen molar-refractivity contribution in [2.75, 3.05) is 44.3 Å². The zero-order valence-electron chi connectivity index (χ0n) is 23.5. The molecule has 0 aliphatic rings. The topological polar surface area (TPSA) is 73.7 Å². The molecule has 1 aromatic carbocycles. The maximum atomic E-state index is 6.39. The number of benzene rings is 1. The summed E-state index contributed by atoms with van der Waals surface area (Å²) in [6.45, 7) is 14.0. The van der Waals surface area contributed by atoms with E-state index in [4.69, 9.17) is 20.9 Å². The quantitative estimate of drug-likeness (QED) is 0.159. The second kappa shape index (κ2) is 20.7. The summed E-state index contributed by atoms with van der Waals surface area (Å²) in [5.74, 6) is 3.06. The molecule has 204 valence electrons. The highest BCUT2D eigenvalue weighted by molar-refractivity contribution is 5.55. The van der Waals surface area contributed by atoms with Crippen LogP contribution in [-0.2, 0) is 0 Å². The highest BCUT2D eigenvalue weighted by Gasteiger charge is 2.14. The van der Waals surface area contributed by atoms with E-state index in [1.165, 1.54) is 44.2 Å². The normalized spacial score (nSPS) is 13.0. The lowest BCUT2D eigenvalue weighted by atomic mass is 10.0. The van der Waals surface area contributed by atoms with Crippen LogP contribution in [0.25, 0.3) is 0 Å². The average Bonchev–Trinajstić information content (AvgIpc) is 2.88. The molecule has 2 atom stereocenters. The van der Waals surface area contributed by atoms with Crippen molar-refractivity contribution in [3.05, 3.63) is 18.2 Å². The molecule has 0 bridgehead atoms. The van der Waals surface area contributed by atoms with Gasteiger partial charge in [0.05, 0.1) is 13.2 Å². The molecule has 1 rings (SSSR count). The van der Waals surface area contributed by atoms with Crippen LogP contribution in [0.5, 0.6) is 11.5 Å². The van der Waals surface area contributed by atoms with Gasteiger partial charge in [-0.1, -0.05) is 72.6 Å². The van der Waals surface area contributed by atoms with Crippen molar-refractivity contribution in [2.24, 2.45) is 23.3 Å². The van der Waals surface area contributed by atoms with Crippen molar-refractivity contribution in [3.63, 3.8) is 0 Å². The van der Waals surface area contributed by atoms with E-state index in [2.05, 4.69) is 50.8 Å². The van der Waals surface area contributed by atoms with Gasteiger partial charge in [0.25, 0.3) is 0 Å². The number of anilines is 1. The Morgan fingerprint density at radius 2 is 1.17 bits per heavy atom. The lowest BCUT2D eigenvalue weighted by Crippen LogP contribution is -2.27. The highest BCUT2D eigenvalue weighted by atomic mass is 16.5. The van der Waals surface area contributed by atoms with Gasteiger partial charge in [-0.05, 0) is 57.0 Å².